The number of halogens is 2. The highest BCUT2D eigenvalue weighted by molar-refractivity contribution is 6.31. The molecule has 2 aromatic carbocycles. The van der Waals surface area contributed by atoms with Gasteiger partial charge >= 0.3 is 0 Å². The molecule has 0 N–H and O–H groups in total. The van der Waals surface area contributed by atoms with Crippen LogP contribution in [-0.4, -0.2) is 60.0 Å². The van der Waals surface area contributed by atoms with Gasteiger partial charge in [0.1, 0.15) is 11.5 Å². The van der Waals surface area contributed by atoms with Gasteiger partial charge in [0.25, 0.3) is 11.8 Å². The van der Waals surface area contributed by atoms with Gasteiger partial charge in [-0.2, -0.15) is 0 Å². The fraction of sp³-hybridized carbons (Fsp3) is 0.440. The molecular formula is C25H30Cl2N2O4. The van der Waals surface area contributed by atoms with Crippen molar-refractivity contribution in [3.8, 4) is 11.5 Å². The second-order valence-electron chi connectivity index (χ2n) is 8.34. The third-order valence-electron chi connectivity index (χ3n) is 5.70. The van der Waals surface area contributed by atoms with Crippen molar-refractivity contribution in [2.24, 2.45) is 0 Å². The molecular weight excluding hydrogens is 463 g/mol. The van der Waals surface area contributed by atoms with Crippen LogP contribution in [0.2, 0.25) is 10.0 Å². The van der Waals surface area contributed by atoms with E-state index in [0.29, 0.717) is 54.1 Å². The fourth-order valence-electron chi connectivity index (χ4n) is 3.84. The van der Waals surface area contributed by atoms with E-state index < -0.39 is 12.2 Å². The number of hydrogen-bond donors (Lipinski definition) is 0. The molecule has 1 aliphatic heterocycles. The lowest BCUT2D eigenvalue weighted by atomic mass is 10.2. The van der Waals surface area contributed by atoms with Gasteiger partial charge in [-0.25, -0.2) is 0 Å². The lowest BCUT2D eigenvalue weighted by Gasteiger charge is -2.26. The van der Waals surface area contributed by atoms with Crippen LogP contribution in [0.4, 0.5) is 0 Å². The molecule has 1 saturated heterocycles. The van der Waals surface area contributed by atoms with E-state index in [1.165, 1.54) is 0 Å². The Bertz CT molecular complexity index is 934. The van der Waals surface area contributed by atoms with Crippen LogP contribution < -0.4 is 9.47 Å². The number of aryl methyl sites for hydroxylation is 2. The van der Waals surface area contributed by atoms with Crippen molar-refractivity contribution in [1.82, 2.24) is 9.80 Å². The molecule has 2 atom stereocenters. The summed E-state index contributed by atoms with van der Waals surface area (Å²) in [5.41, 5.74) is 1.75. The first-order chi connectivity index (χ1) is 15.7. The lowest BCUT2D eigenvalue weighted by Crippen LogP contribution is -2.45. The van der Waals surface area contributed by atoms with Crippen LogP contribution >= 0.6 is 23.2 Å². The van der Waals surface area contributed by atoms with Crippen molar-refractivity contribution in [3.05, 3.63) is 57.6 Å². The van der Waals surface area contributed by atoms with Crippen LogP contribution in [0.15, 0.2) is 36.4 Å². The number of carbonyl (C=O) groups excluding carboxylic acids is 2. The van der Waals surface area contributed by atoms with Gasteiger partial charge in [-0.1, -0.05) is 23.2 Å². The minimum Gasteiger partial charge on any atom is -0.481 e. The van der Waals surface area contributed by atoms with Crippen molar-refractivity contribution in [2.45, 2.75) is 46.3 Å². The number of rotatable bonds is 6. The summed E-state index contributed by atoms with van der Waals surface area (Å²) in [6.07, 6.45) is -0.582. The highest BCUT2D eigenvalue weighted by atomic mass is 35.5. The molecule has 6 nitrogen and oxygen atoms in total. The zero-order valence-corrected chi connectivity index (χ0v) is 20.9. The summed E-state index contributed by atoms with van der Waals surface area (Å²) in [5.74, 6) is 1.07. The van der Waals surface area contributed by atoms with E-state index >= 15 is 0 Å². The Morgan fingerprint density at radius 1 is 0.758 bits per heavy atom. The third kappa shape index (κ3) is 6.55. The highest BCUT2D eigenvalue weighted by Gasteiger charge is 2.29. The molecule has 3 rings (SSSR count). The van der Waals surface area contributed by atoms with Gasteiger partial charge in [-0.05, 0) is 81.6 Å². The molecule has 0 bridgehead atoms. The molecule has 1 aliphatic rings. The monoisotopic (exact) mass is 492 g/mol. The molecule has 2 aromatic rings. The van der Waals surface area contributed by atoms with Gasteiger partial charge < -0.3 is 19.3 Å². The summed E-state index contributed by atoms with van der Waals surface area (Å²) in [5, 5.41) is 1.25. The second kappa shape index (κ2) is 11.1. The Morgan fingerprint density at radius 3 is 1.52 bits per heavy atom. The van der Waals surface area contributed by atoms with Crippen molar-refractivity contribution in [3.63, 3.8) is 0 Å². The SMILES string of the molecule is Cc1cc(Cl)ccc1O[C@@H](C)C(=O)N1CCCN(C(=O)[C@H](C)Oc2ccc(Cl)cc2C)CC1. The fourth-order valence-corrected chi connectivity index (χ4v) is 4.30. The number of ether oxygens (including phenoxy) is 2. The quantitative estimate of drug-likeness (QED) is 0.574. The van der Waals surface area contributed by atoms with Crippen LogP contribution in [-0.2, 0) is 9.59 Å². The number of amides is 2. The molecule has 0 unspecified atom stereocenters. The van der Waals surface area contributed by atoms with Gasteiger partial charge in [0.2, 0.25) is 0 Å². The normalized spacial score (nSPS) is 16.1. The second-order valence-corrected chi connectivity index (χ2v) is 9.22. The van der Waals surface area contributed by atoms with Gasteiger partial charge in [0, 0.05) is 36.2 Å². The molecule has 33 heavy (non-hydrogen) atoms. The number of benzene rings is 2. The first-order valence-corrected chi connectivity index (χ1v) is 11.8. The minimum atomic E-state index is -0.637. The number of carbonyl (C=O) groups is 2. The van der Waals surface area contributed by atoms with Crippen LogP contribution in [0.3, 0.4) is 0 Å². The third-order valence-corrected chi connectivity index (χ3v) is 6.17. The molecule has 0 aromatic heterocycles. The number of nitrogens with zero attached hydrogens (tertiary/aromatic N) is 2. The average Bonchev–Trinajstić information content (AvgIpc) is 3.02. The van der Waals surface area contributed by atoms with Crippen LogP contribution in [0.5, 0.6) is 11.5 Å². The summed E-state index contributed by atoms with van der Waals surface area (Å²) in [6, 6.07) is 10.6. The van der Waals surface area contributed by atoms with E-state index in [4.69, 9.17) is 32.7 Å². The molecule has 1 heterocycles. The Labute approximate surface area is 205 Å². The van der Waals surface area contributed by atoms with E-state index in [1.54, 1.807) is 60.0 Å². The minimum absolute atomic E-state index is 0.0975. The molecule has 0 aliphatic carbocycles. The van der Waals surface area contributed by atoms with Crippen LogP contribution in [0.25, 0.3) is 0 Å². The van der Waals surface area contributed by atoms with Gasteiger partial charge in [0.05, 0.1) is 0 Å². The van der Waals surface area contributed by atoms with Gasteiger partial charge in [0.15, 0.2) is 12.2 Å². The van der Waals surface area contributed by atoms with Crippen molar-refractivity contribution >= 4 is 35.0 Å². The van der Waals surface area contributed by atoms with Crippen molar-refractivity contribution < 1.29 is 19.1 Å². The standard InChI is InChI=1S/C25H30Cl2N2O4/c1-16-14-20(26)6-8-22(16)32-18(3)24(30)28-10-5-11-29(13-12-28)25(31)19(4)33-23-9-7-21(27)15-17(23)2/h6-9,14-15,18-19H,5,10-13H2,1-4H3/t18-,19-/m0/s1. The Balaban J connectivity index is 1.56. The first kappa shape index (κ1) is 25.2. The smallest absolute Gasteiger partial charge is 0.263 e. The zero-order chi connectivity index (χ0) is 24.1. The summed E-state index contributed by atoms with van der Waals surface area (Å²) in [6.45, 7) is 9.31. The molecule has 0 spiro atoms. The predicted octanol–water partition coefficient (Wildman–Crippen LogP) is 4.91. The Hall–Kier alpha value is -2.44. The summed E-state index contributed by atoms with van der Waals surface area (Å²) in [4.78, 5) is 29.5. The Morgan fingerprint density at radius 2 is 1.15 bits per heavy atom. The maximum atomic E-state index is 13.0. The maximum Gasteiger partial charge on any atom is 0.263 e. The zero-order valence-electron chi connectivity index (χ0n) is 19.4. The summed E-state index contributed by atoms with van der Waals surface area (Å²) < 4.78 is 11.8. The van der Waals surface area contributed by atoms with E-state index in [0.717, 1.165) is 11.1 Å². The molecule has 0 saturated carbocycles. The topological polar surface area (TPSA) is 59.1 Å². The molecule has 2 amide bonds. The molecule has 8 heteroatoms. The number of hydrogen-bond acceptors (Lipinski definition) is 4. The average molecular weight is 493 g/mol. The van der Waals surface area contributed by atoms with Crippen molar-refractivity contribution in [1.29, 1.82) is 0 Å². The summed E-state index contributed by atoms with van der Waals surface area (Å²) in [7, 11) is 0. The van der Waals surface area contributed by atoms with E-state index in [1.807, 2.05) is 13.8 Å². The van der Waals surface area contributed by atoms with Crippen LogP contribution in [0, 0.1) is 13.8 Å². The molecule has 1 fully saturated rings. The Kier molecular flexibility index (Phi) is 8.49. The lowest BCUT2D eigenvalue weighted by molar-refractivity contribution is -0.140. The maximum absolute atomic E-state index is 13.0. The van der Waals surface area contributed by atoms with Crippen molar-refractivity contribution in [2.75, 3.05) is 26.2 Å². The van der Waals surface area contributed by atoms with E-state index in [2.05, 4.69) is 0 Å². The van der Waals surface area contributed by atoms with Crippen LogP contribution in [0.1, 0.15) is 31.4 Å². The molecule has 0 radical (unpaired) electrons. The predicted molar refractivity (Wildman–Crippen MR) is 130 cm³/mol. The molecule has 178 valence electrons. The summed E-state index contributed by atoms with van der Waals surface area (Å²) >= 11 is 12.0. The van der Waals surface area contributed by atoms with E-state index in [-0.39, 0.29) is 11.8 Å². The first-order valence-electron chi connectivity index (χ1n) is 11.1. The van der Waals surface area contributed by atoms with E-state index in [9.17, 15) is 9.59 Å². The van der Waals surface area contributed by atoms with Gasteiger partial charge in [-0.3, -0.25) is 9.59 Å². The largest absolute Gasteiger partial charge is 0.481 e. The van der Waals surface area contributed by atoms with Gasteiger partial charge in [-0.15, -0.1) is 0 Å². The highest BCUT2D eigenvalue weighted by Crippen LogP contribution is 2.24.